The van der Waals surface area contributed by atoms with E-state index >= 15 is 0 Å². The van der Waals surface area contributed by atoms with Crippen molar-refractivity contribution in [2.24, 2.45) is 0 Å². The number of nitrogens with zero attached hydrogens (tertiary/aromatic N) is 2. The van der Waals surface area contributed by atoms with Crippen LogP contribution in [0.5, 0.6) is 0 Å². The Kier molecular flexibility index (Phi) is 4.55. The van der Waals surface area contributed by atoms with E-state index in [0.29, 0.717) is 23.4 Å². The van der Waals surface area contributed by atoms with Gasteiger partial charge in [-0.2, -0.15) is 5.10 Å². The minimum absolute atomic E-state index is 0.305. The molecule has 1 aromatic heterocycles. The second-order valence-electron chi connectivity index (χ2n) is 7.41. The maximum Gasteiger partial charge on any atom is 0.494 e. The molecule has 2 heterocycles. The van der Waals surface area contributed by atoms with Gasteiger partial charge in [-0.15, -0.1) is 5.10 Å². The largest absolute Gasteiger partial charge is 0.494 e. The quantitative estimate of drug-likeness (QED) is 0.866. The van der Waals surface area contributed by atoms with Crippen LogP contribution in [0.15, 0.2) is 30.5 Å². The van der Waals surface area contributed by atoms with Crippen molar-refractivity contribution < 1.29 is 13.7 Å². The molecule has 1 fully saturated rings. The Balaban J connectivity index is 1.71. The van der Waals surface area contributed by atoms with Crippen molar-refractivity contribution in [3.63, 3.8) is 0 Å². The summed E-state index contributed by atoms with van der Waals surface area (Å²) in [6.45, 7) is 10.2. The number of rotatable bonds is 4. The summed E-state index contributed by atoms with van der Waals surface area (Å²) in [5.41, 5.74) is 1.32. The van der Waals surface area contributed by atoms with Gasteiger partial charge in [0, 0.05) is 12.1 Å². The van der Waals surface area contributed by atoms with Gasteiger partial charge in [0.25, 0.3) is 0 Å². The van der Waals surface area contributed by atoms with E-state index in [1.165, 1.54) is 6.07 Å². The lowest BCUT2D eigenvalue weighted by atomic mass is 9.78. The first-order chi connectivity index (χ1) is 11.7. The molecule has 0 atom stereocenters. The molecule has 132 valence electrons. The van der Waals surface area contributed by atoms with Gasteiger partial charge >= 0.3 is 7.12 Å². The Morgan fingerprint density at radius 3 is 2.40 bits per heavy atom. The molecular weight excluding hydrogens is 320 g/mol. The van der Waals surface area contributed by atoms with Crippen LogP contribution in [0.2, 0.25) is 0 Å². The molecule has 0 amide bonds. The fourth-order valence-electron chi connectivity index (χ4n) is 2.57. The lowest BCUT2D eigenvalue weighted by molar-refractivity contribution is 0.00578. The van der Waals surface area contributed by atoms with E-state index in [4.69, 9.17) is 9.31 Å². The predicted octanol–water partition coefficient (Wildman–Crippen LogP) is 2.84. The molecule has 0 unspecified atom stereocenters. The summed E-state index contributed by atoms with van der Waals surface area (Å²) in [5.74, 6) is 0.315. The molecule has 25 heavy (non-hydrogen) atoms. The van der Waals surface area contributed by atoms with Crippen molar-refractivity contribution in [2.75, 3.05) is 5.32 Å². The number of aryl methyl sites for hydroxylation is 1. The van der Waals surface area contributed by atoms with Gasteiger partial charge in [-0.25, -0.2) is 4.39 Å². The van der Waals surface area contributed by atoms with Gasteiger partial charge in [0.15, 0.2) is 0 Å². The summed E-state index contributed by atoms with van der Waals surface area (Å²) < 4.78 is 26.4. The summed E-state index contributed by atoms with van der Waals surface area (Å²) in [4.78, 5) is 0. The van der Waals surface area contributed by atoms with Crippen molar-refractivity contribution in [2.45, 2.75) is 52.4 Å². The summed E-state index contributed by atoms with van der Waals surface area (Å²) >= 11 is 0. The van der Waals surface area contributed by atoms with Gasteiger partial charge < -0.3 is 14.6 Å². The van der Waals surface area contributed by atoms with E-state index in [1.807, 2.05) is 46.8 Å². The number of nitrogens with one attached hydrogen (secondary N) is 1. The maximum atomic E-state index is 14.5. The fourth-order valence-corrected chi connectivity index (χ4v) is 2.57. The SMILES string of the molecule is Cc1cnnc(NCc2ccc(B3OC(C)(C)C(C)(C)O3)cc2F)c1. The van der Waals surface area contributed by atoms with Crippen molar-refractivity contribution in [1.29, 1.82) is 0 Å². The van der Waals surface area contributed by atoms with Gasteiger partial charge in [0.2, 0.25) is 0 Å². The third-order valence-electron chi connectivity index (χ3n) is 4.85. The fraction of sp³-hybridized carbons (Fsp3) is 0.444. The second kappa shape index (κ2) is 6.39. The van der Waals surface area contributed by atoms with Crippen LogP contribution in [0, 0.1) is 12.7 Å². The summed E-state index contributed by atoms with van der Waals surface area (Å²) in [7, 11) is -0.566. The second-order valence-corrected chi connectivity index (χ2v) is 7.41. The molecule has 3 rings (SSSR count). The highest BCUT2D eigenvalue weighted by atomic mass is 19.1. The Morgan fingerprint density at radius 2 is 1.80 bits per heavy atom. The standard InChI is InChI=1S/C18H23BFN3O2/c1-12-8-16(23-22-10-12)21-11-13-6-7-14(9-15(13)20)19-24-17(2,3)18(4,5)25-19/h6-10H,11H2,1-5H3,(H,21,23). The number of halogens is 1. The van der Waals surface area contributed by atoms with Crippen LogP contribution < -0.4 is 10.8 Å². The minimum Gasteiger partial charge on any atom is -0.399 e. The lowest BCUT2D eigenvalue weighted by Gasteiger charge is -2.32. The first-order valence-corrected chi connectivity index (χ1v) is 8.35. The Morgan fingerprint density at radius 1 is 1.12 bits per heavy atom. The zero-order valence-corrected chi connectivity index (χ0v) is 15.3. The molecule has 0 aliphatic carbocycles. The molecule has 1 saturated heterocycles. The van der Waals surface area contributed by atoms with E-state index in [-0.39, 0.29) is 5.82 Å². The molecule has 0 bridgehead atoms. The number of hydrogen-bond donors (Lipinski definition) is 1. The van der Waals surface area contributed by atoms with Crippen LogP contribution in [0.1, 0.15) is 38.8 Å². The van der Waals surface area contributed by atoms with Gasteiger partial charge in [-0.3, -0.25) is 0 Å². The Labute approximate surface area is 148 Å². The topological polar surface area (TPSA) is 56.3 Å². The lowest BCUT2D eigenvalue weighted by Crippen LogP contribution is -2.41. The van der Waals surface area contributed by atoms with Gasteiger partial charge in [-0.1, -0.05) is 12.1 Å². The first-order valence-electron chi connectivity index (χ1n) is 8.35. The minimum atomic E-state index is -0.566. The van der Waals surface area contributed by atoms with Crippen molar-refractivity contribution in [3.8, 4) is 0 Å². The first kappa shape index (κ1) is 17.8. The zero-order valence-electron chi connectivity index (χ0n) is 15.3. The van der Waals surface area contributed by atoms with Crippen LogP contribution in [0.4, 0.5) is 10.2 Å². The van der Waals surface area contributed by atoms with E-state index in [2.05, 4.69) is 15.5 Å². The predicted molar refractivity (Wildman–Crippen MR) is 96.2 cm³/mol. The van der Waals surface area contributed by atoms with E-state index in [0.717, 1.165) is 5.56 Å². The molecule has 1 aliphatic heterocycles. The van der Waals surface area contributed by atoms with Crippen LogP contribution >= 0.6 is 0 Å². The van der Waals surface area contributed by atoms with Crippen molar-refractivity contribution >= 4 is 18.4 Å². The third kappa shape index (κ3) is 3.67. The van der Waals surface area contributed by atoms with Gasteiger partial charge in [-0.05, 0) is 57.8 Å². The summed E-state index contributed by atoms with van der Waals surface area (Å²) in [6, 6.07) is 6.92. The van der Waals surface area contributed by atoms with Gasteiger partial charge in [0.1, 0.15) is 11.6 Å². The average molecular weight is 343 g/mol. The highest BCUT2D eigenvalue weighted by molar-refractivity contribution is 6.62. The number of anilines is 1. The average Bonchev–Trinajstić information content (AvgIpc) is 2.74. The van der Waals surface area contributed by atoms with Crippen LogP contribution in [0.3, 0.4) is 0 Å². The molecule has 0 spiro atoms. The normalized spacial score (nSPS) is 18.4. The van der Waals surface area contributed by atoms with Crippen LogP contribution in [-0.2, 0) is 15.9 Å². The smallest absolute Gasteiger partial charge is 0.399 e. The monoisotopic (exact) mass is 343 g/mol. The molecule has 0 radical (unpaired) electrons. The summed E-state index contributed by atoms with van der Waals surface area (Å²) in [5, 5.41) is 10.9. The van der Waals surface area contributed by atoms with Crippen molar-refractivity contribution in [3.05, 3.63) is 47.4 Å². The maximum absolute atomic E-state index is 14.5. The molecule has 2 aromatic rings. The molecule has 1 N–H and O–H groups in total. The van der Waals surface area contributed by atoms with E-state index in [9.17, 15) is 4.39 Å². The van der Waals surface area contributed by atoms with Crippen molar-refractivity contribution in [1.82, 2.24) is 10.2 Å². The zero-order chi connectivity index (χ0) is 18.2. The molecular formula is C18H23BFN3O2. The molecule has 7 heteroatoms. The highest BCUT2D eigenvalue weighted by Crippen LogP contribution is 2.36. The van der Waals surface area contributed by atoms with Crippen LogP contribution in [0.25, 0.3) is 0 Å². The molecule has 0 saturated carbocycles. The molecule has 1 aliphatic rings. The van der Waals surface area contributed by atoms with Gasteiger partial charge in [0.05, 0.1) is 17.4 Å². The molecule has 5 nitrogen and oxygen atoms in total. The highest BCUT2D eigenvalue weighted by Gasteiger charge is 2.51. The number of aromatic nitrogens is 2. The molecule has 1 aromatic carbocycles. The Hall–Kier alpha value is -1.99. The number of benzene rings is 1. The van der Waals surface area contributed by atoms with E-state index < -0.39 is 18.3 Å². The summed E-state index contributed by atoms with van der Waals surface area (Å²) in [6.07, 6.45) is 1.67. The Bertz CT molecular complexity index is 767. The van der Waals surface area contributed by atoms with E-state index in [1.54, 1.807) is 12.3 Å². The number of hydrogen-bond acceptors (Lipinski definition) is 5. The van der Waals surface area contributed by atoms with Crippen LogP contribution in [-0.4, -0.2) is 28.5 Å². The third-order valence-corrected chi connectivity index (χ3v) is 4.85.